The molecule has 1 atom stereocenters. The Balaban J connectivity index is 1.59. The third kappa shape index (κ3) is 3.96. The number of sulfonamides is 1. The first kappa shape index (κ1) is 19.0. The van der Waals surface area contributed by atoms with Gasteiger partial charge in [-0.1, -0.05) is 18.2 Å². The molecule has 1 saturated heterocycles. The van der Waals surface area contributed by atoms with Gasteiger partial charge in [-0.3, -0.25) is 9.69 Å². The third-order valence-electron chi connectivity index (χ3n) is 4.42. The first-order valence-electron chi connectivity index (χ1n) is 8.22. The number of carbonyl (C=O) groups is 1. The van der Waals surface area contributed by atoms with Crippen molar-refractivity contribution in [1.29, 1.82) is 0 Å². The molecule has 2 heterocycles. The van der Waals surface area contributed by atoms with Crippen molar-refractivity contribution in [2.24, 2.45) is 0 Å². The molecule has 0 aliphatic carbocycles. The van der Waals surface area contributed by atoms with Gasteiger partial charge in [0.05, 0.1) is 11.7 Å². The maximum atomic E-state index is 13.7. The number of piperazine rings is 1. The lowest BCUT2D eigenvalue weighted by Crippen LogP contribution is -2.53. The number of thiophene rings is 1. The Morgan fingerprint density at radius 1 is 1.15 bits per heavy atom. The molecule has 140 valence electrons. The SMILES string of the molecule is C[C@@H](C(=O)Nc1ccccc1F)N1CCN(S(=O)(=O)c2cccs2)CC1. The predicted octanol–water partition coefficient (Wildman–Crippen LogP) is 2.22. The molecule has 0 bridgehead atoms. The van der Waals surface area contributed by atoms with Crippen LogP contribution in [0.5, 0.6) is 0 Å². The fourth-order valence-corrected chi connectivity index (χ4v) is 5.40. The molecule has 0 saturated carbocycles. The van der Waals surface area contributed by atoms with Crippen molar-refractivity contribution in [3.63, 3.8) is 0 Å². The highest BCUT2D eigenvalue weighted by Crippen LogP contribution is 2.22. The van der Waals surface area contributed by atoms with E-state index < -0.39 is 21.9 Å². The summed E-state index contributed by atoms with van der Waals surface area (Å²) in [5.74, 6) is -0.801. The molecule has 0 radical (unpaired) electrons. The second-order valence-corrected chi connectivity index (χ2v) is 9.13. The van der Waals surface area contributed by atoms with Crippen LogP contribution in [0.2, 0.25) is 0 Å². The Kier molecular flexibility index (Phi) is 5.71. The van der Waals surface area contributed by atoms with E-state index in [1.165, 1.54) is 27.8 Å². The Hall–Kier alpha value is -1.81. The quantitative estimate of drug-likeness (QED) is 0.840. The van der Waals surface area contributed by atoms with Crippen LogP contribution in [0.15, 0.2) is 46.0 Å². The minimum absolute atomic E-state index is 0.142. The van der Waals surface area contributed by atoms with E-state index in [0.29, 0.717) is 30.4 Å². The number of nitrogens with one attached hydrogen (secondary N) is 1. The summed E-state index contributed by atoms with van der Waals surface area (Å²) in [7, 11) is -3.47. The third-order valence-corrected chi connectivity index (χ3v) is 7.69. The molecule has 1 N–H and O–H groups in total. The van der Waals surface area contributed by atoms with Gasteiger partial charge in [0.2, 0.25) is 5.91 Å². The van der Waals surface area contributed by atoms with Crippen LogP contribution >= 0.6 is 11.3 Å². The van der Waals surface area contributed by atoms with Crippen molar-refractivity contribution in [3.05, 3.63) is 47.6 Å². The number of hydrogen-bond donors (Lipinski definition) is 1. The minimum atomic E-state index is -3.47. The lowest BCUT2D eigenvalue weighted by molar-refractivity contribution is -0.121. The van der Waals surface area contributed by atoms with Gasteiger partial charge in [0.15, 0.2) is 0 Å². The molecule has 1 aromatic carbocycles. The summed E-state index contributed by atoms with van der Waals surface area (Å²) in [6, 6.07) is 8.82. The lowest BCUT2D eigenvalue weighted by Gasteiger charge is -2.36. The summed E-state index contributed by atoms with van der Waals surface area (Å²) in [6.45, 7) is 3.25. The molecule has 1 amide bonds. The maximum absolute atomic E-state index is 13.7. The van der Waals surface area contributed by atoms with Gasteiger partial charge in [0.1, 0.15) is 10.0 Å². The first-order valence-corrected chi connectivity index (χ1v) is 10.5. The molecule has 2 aromatic rings. The first-order chi connectivity index (χ1) is 12.4. The lowest BCUT2D eigenvalue weighted by atomic mass is 10.2. The number of halogens is 1. The van der Waals surface area contributed by atoms with Crippen molar-refractivity contribution in [2.45, 2.75) is 17.2 Å². The van der Waals surface area contributed by atoms with Gasteiger partial charge in [0, 0.05) is 26.2 Å². The average molecular weight is 397 g/mol. The minimum Gasteiger partial charge on any atom is -0.322 e. The van der Waals surface area contributed by atoms with E-state index in [1.807, 2.05) is 4.90 Å². The molecule has 1 aliphatic rings. The van der Waals surface area contributed by atoms with Gasteiger partial charge in [-0.2, -0.15) is 4.31 Å². The van der Waals surface area contributed by atoms with E-state index in [2.05, 4.69) is 5.32 Å². The molecule has 26 heavy (non-hydrogen) atoms. The van der Waals surface area contributed by atoms with Crippen molar-refractivity contribution in [1.82, 2.24) is 9.21 Å². The molecule has 3 rings (SSSR count). The molecule has 6 nitrogen and oxygen atoms in total. The molecule has 1 fully saturated rings. The van der Waals surface area contributed by atoms with Crippen LogP contribution in [-0.2, 0) is 14.8 Å². The van der Waals surface area contributed by atoms with Crippen LogP contribution in [-0.4, -0.2) is 55.8 Å². The van der Waals surface area contributed by atoms with E-state index in [9.17, 15) is 17.6 Å². The molecule has 0 unspecified atom stereocenters. The van der Waals surface area contributed by atoms with Crippen molar-refractivity contribution >= 4 is 33.0 Å². The predicted molar refractivity (Wildman–Crippen MR) is 99.1 cm³/mol. The van der Waals surface area contributed by atoms with Crippen LogP contribution in [0.3, 0.4) is 0 Å². The summed E-state index contributed by atoms with van der Waals surface area (Å²) in [6.07, 6.45) is 0. The number of hydrogen-bond acceptors (Lipinski definition) is 5. The highest BCUT2D eigenvalue weighted by atomic mass is 32.2. The standard InChI is InChI=1S/C17H20FN3O3S2/c1-13(17(22)19-15-6-3-2-5-14(15)18)20-8-10-21(11-9-20)26(23,24)16-7-4-12-25-16/h2-7,12-13H,8-11H2,1H3,(H,19,22)/t13-/m0/s1. The average Bonchev–Trinajstić information content (AvgIpc) is 3.18. The second-order valence-electron chi connectivity index (χ2n) is 6.02. The van der Waals surface area contributed by atoms with Gasteiger partial charge in [-0.15, -0.1) is 11.3 Å². The second kappa shape index (κ2) is 7.83. The Bertz CT molecular complexity index is 863. The summed E-state index contributed by atoms with van der Waals surface area (Å²) in [5, 5.41) is 4.32. The van der Waals surface area contributed by atoms with Crippen molar-refractivity contribution < 1.29 is 17.6 Å². The molecular weight excluding hydrogens is 377 g/mol. The monoisotopic (exact) mass is 397 g/mol. The number of rotatable bonds is 5. The van der Waals surface area contributed by atoms with Crippen molar-refractivity contribution in [3.8, 4) is 0 Å². The molecule has 1 aliphatic heterocycles. The van der Waals surface area contributed by atoms with Crippen LogP contribution in [0.1, 0.15) is 6.92 Å². The number of carbonyl (C=O) groups excluding carboxylic acids is 1. The fraction of sp³-hybridized carbons (Fsp3) is 0.353. The van der Waals surface area contributed by atoms with Gasteiger partial charge in [0.25, 0.3) is 10.0 Å². The fourth-order valence-electron chi connectivity index (χ4n) is 2.83. The highest BCUT2D eigenvalue weighted by Gasteiger charge is 2.32. The largest absolute Gasteiger partial charge is 0.322 e. The van der Waals surface area contributed by atoms with Gasteiger partial charge in [-0.05, 0) is 30.5 Å². The van der Waals surface area contributed by atoms with Gasteiger partial charge in [-0.25, -0.2) is 12.8 Å². The van der Waals surface area contributed by atoms with E-state index in [1.54, 1.807) is 36.6 Å². The Morgan fingerprint density at radius 3 is 2.46 bits per heavy atom. The van der Waals surface area contributed by atoms with E-state index in [0.717, 1.165) is 0 Å². The smallest absolute Gasteiger partial charge is 0.252 e. The van der Waals surface area contributed by atoms with E-state index in [-0.39, 0.29) is 11.6 Å². The Labute approximate surface area is 156 Å². The van der Waals surface area contributed by atoms with E-state index >= 15 is 0 Å². The van der Waals surface area contributed by atoms with Crippen LogP contribution in [0.4, 0.5) is 10.1 Å². The van der Waals surface area contributed by atoms with Gasteiger partial charge < -0.3 is 5.32 Å². The van der Waals surface area contributed by atoms with Crippen LogP contribution < -0.4 is 5.32 Å². The summed E-state index contributed by atoms with van der Waals surface area (Å²) in [5.41, 5.74) is 0.142. The van der Waals surface area contributed by atoms with Crippen LogP contribution in [0.25, 0.3) is 0 Å². The summed E-state index contributed by atoms with van der Waals surface area (Å²) < 4.78 is 40.5. The van der Waals surface area contributed by atoms with E-state index in [4.69, 9.17) is 0 Å². The number of anilines is 1. The molecular formula is C17H20FN3O3S2. The Morgan fingerprint density at radius 2 is 1.85 bits per heavy atom. The summed E-state index contributed by atoms with van der Waals surface area (Å²) >= 11 is 1.20. The number of benzene rings is 1. The normalized spacial score (nSPS) is 17.8. The number of nitrogens with zero attached hydrogens (tertiary/aromatic N) is 2. The number of amides is 1. The topological polar surface area (TPSA) is 69.7 Å². The zero-order valence-electron chi connectivity index (χ0n) is 14.3. The zero-order valence-corrected chi connectivity index (χ0v) is 15.9. The van der Waals surface area contributed by atoms with Gasteiger partial charge >= 0.3 is 0 Å². The highest BCUT2D eigenvalue weighted by molar-refractivity contribution is 7.91. The number of para-hydroxylation sites is 1. The molecule has 0 spiro atoms. The maximum Gasteiger partial charge on any atom is 0.252 e. The molecule has 9 heteroatoms. The van der Waals surface area contributed by atoms with Crippen LogP contribution in [0, 0.1) is 5.82 Å². The summed E-state index contributed by atoms with van der Waals surface area (Å²) in [4.78, 5) is 14.3. The molecule has 1 aromatic heterocycles. The zero-order chi connectivity index (χ0) is 18.7. The van der Waals surface area contributed by atoms with Crippen molar-refractivity contribution in [2.75, 3.05) is 31.5 Å².